The Hall–Kier alpha value is -1.71. The minimum atomic E-state index is -0.438. The second-order valence-electron chi connectivity index (χ2n) is 4.67. The van der Waals surface area contributed by atoms with Crippen LogP contribution >= 0.6 is 0 Å². The topological polar surface area (TPSA) is 81.1 Å². The van der Waals surface area contributed by atoms with Crippen LogP contribution in [0.25, 0.3) is 0 Å². The number of anilines is 2. The van der Waals surface area contributed by atoms with E-state index in [0.29, 0.717) is 28.9 Å². The number of nitrogens with one attached hydrogen (secondary N) is 1. The first-order valence-electron chi connectivity index (χ1n) is 6.08. The molecule has 0 aromatic heterocycles. The molecule has 0 spiro atoms. The number of carbonyl (C=O) groups excluding carboxylic acids is 1. The van der Waals surface area contributed by atoms with E-state index in [1.807, 2.05) is 0 Å². The van der Waals surface area contributed by atoms with Gasteiger partial charge in [0.05, 0.1) is 16.9 Å². The van der Waals surface area contributed by atoms with Gasteiger partial charge in [0.1, 0.15) is 0 Å². The van der Waals surface area contributed by atoms with Crippen molar-refractivity contribution in [3.8, 4) is 0 Å². The Morgan fingerprint density at radius 1 is 1.53 bits per heavy atom. The molecule has 0 saturated heterocycles. The highest BCUT2D eigenvalue weighted by atomic mass is 16.1. The molecule has 0 heterocycles. The van der Waals surface area contributed by atoms with Crippen molar-refractivity contribution in [3.05, 3.63) is 23.8 Å². The molecule has 2 atom stereocenters. The Balaban J connectivity index is 2.13. The summed E-state index contributed by atoms with van der Waals surface area (Å²) in [6, 6.07) is 5.68. The van der Waals surface area contributed by atoms with E-state index in [4.69, 9.17) is 11.5 Å². The fraction of sp³-hybridized carbons (Fsp3) is 0.462. The van der Waals surface area contributed by atoms with Gasteiger partial charge in [-0.05, 0) is 30.9 Å². The molecule has 1 aromatic rings. The highest BCUT2D eigenvalue weighted by molar-refractivity contribution is 6.01. The molecule has 5 N–H and O–H groups in total. The summed E-state index contributed by atoms with van der Waals surface area (Å²) in [5.41, 5.74) is 13.0. The molecule has 1 saturated carbocycles. The fourth-order valence-corrected chi connectivity index (χ4v) is 2.24. The molecule has 0 radical (unpaired) electrons. The van der Waals surface area contributed by atoms with Crippen LogP contribution in [0.15, 0.2) is 18.2 Å². The largest absolute Gasteiger partial charge is 0.397 e. The Morgan fingerprint density at radius 2 is 2.29 bits per heavy atom. The number of rotatable bonds is 5. The van der Waals surface area contributed by atoms with Crippen molar-refractivity contribution in [1.29, 1.82) is 0 Å². The molecule has 1 aliphatic rings. The van der Waals surface area contributed by atoms with Gasteiger partial charge in [-0.3, -0.25) is 4.79 Å². The van der Waals surface area contributed by atoms with Crippen LogP contribution in [0.1, 0.15) is 36.5 Å². The van der Waals surface area contributed by atoms with Crippen LogP contribution in [0.2, 0.25) is 0 Å². The normalized spacial score (nSPS) is 22.2. The first-order valence-corrected chi connectivity index (χ1v) is 6.08. The van der Waals surface area contributed by atoms with E-state index in [1.165, 1.54) is 12.8 Å². The van der Waals surface area contributed by atoms with Gasteiger partial charge in [-0.2, -0.15) is 0 Å². The van der Waals surface area contributed by atoms with Gasteiger partial charge in [0.15, 0.2) is 0 Å². The average Bonchev–Trinajstić information content (AvgIpc) is 3.00. The molecule has 4 nitrogen and oxygen atoms in total. The van der Waals surface area contributed by atoms with Crippen LogP contribution in [0, 0.1) is 5.92 Å². The first-order chi connectivity index (χ1) is 8.13. The standard InChI is InChI=1S/C13H19N3O/c1-2-4-8-7-11(8)16-12-9(13(15)17)5-3-6-10(12)14/h3,5-6,8,11,16H,2,4,7,14H2,1H3,(H2,15,17). The predicted octanol–water partition coefficient (Wildman–Crippen LogP) is 1.97. The van der Waals surface area contributed by atoms with E-state index in [2.05, 4.69) is 12.2 Å². The molecule has 0 aliphatic heterocycles. The van der Waals surface area contributed by atoms with Gasteiger partial charge in [-0.15, -0.1) is 0 Å². The molecule has 2 rings (SSSR count). The SMILES string of the molecule is CCCC1CC1Nc1c(N)cccc1C(N)=O. The maximum Gasteiger partial charge on any atom is 0.250 e. The Kier molecular flexibility index (Phi) is 3.22. The zero-order valence-electron chi connectivity index (χ0n) is 10.1. The first kappa shape index (κ1) is 11.8. The molecule has 1 fully saturated rings. The number of hydrogen-bond donors (Lipinski definition) is 3. The van der Waals surface area contributed by atoms with Crippen LogP contribution in [0.5, 0.6) is 0 Å². The molecule has 92 valence electrons. The van der Waals surface area contributed by atoms with Crippen molar-refractivity contribution < 1.29 is 4.79 Å². The molecule has 1 amide bonds. The van der Waals surface area contributed by atoms with Gasteiger partial charge >= 0.3 is 0 Å². The Bertz CT molecular complexity index is 431. The van der Waals surface area contributed by atoms with Crippen molar-refractivity contribution in [2.45, 2.75) is 32.2 Å². The van der Waals surface area contributed by atoms with Crippen molar-refractivity contribution in [2.75, 3.05) is 11.1 Å². The fourth-order valence-electron chi connectivity index (χ4n) is 2.24. The second-order valence-corrected chi connectivity index (χ2v) is 4.67. The third kappa shape index (κ3) is 2.52. The number of benzene rings is 1. The van der Waals surface area contributed by atoms with Crippen LogP contribution < -0.4 is 16.8 Å². The third-order valence-corrected chi connectivity index (χ3v) is 3.27. The lowest BCUT2D eigenvalue weighted by Gasteiger charge is -2.12. The second kappa shape index (κ2) is 4.65. The van der Waals surface area contributed by atoms with Gasteiger partial charge in [0, 0.05) is 6.04 Å². The van der Waals surface area contributed by atoms with Gasteiger partial charge in [-0.1, -0.05) is 19.4 Å². The minimum absolute atomic E-state index is 0.438. The van der Waals surface area contributed by atoms with Gasteiger partial charge in [0.25, 0.3) is 5.91 Å². The third-order valence-electron chi connectivity index (χ3n) is 3.27. The summed E-state index contributed by atoms with van der Waals surface area (Å²) in [7, 11) is 0. The smallest absolute Gasteiger partial charge is 0.250 e. The maximum atomic E-state index is 11.3. The lowest BCUT2D eigenvalue weighted by Crippen LogP contribution is -2.17. The zero-order chi connectivity index (χ0) is 12.4. The van der Waals surface area contributed by atoms with Crippen molar-refractivity contribution in [3.63, 3.8) is 0 Å². The van der Waals surface area contributed by atoms with Gasteiger partial charge < -0.3 is 16.8 Å². The van der Waals surface area contributed by atoms with Crippen molar-refractivity contribution in [1.82, 2.24) is 0 Å². The number of para-hydroxylation sites is 1. The lowest BCUT2D eigenvalue weighted by atomic mass is 10.1. The number of primary amides is 1. The summed E-state index contributed by atoms with van der Waals surface area (Å²) in [5.74, 6) is 0.271. The number of carbonyl (C=O) groups is 1. The molecule has 4 heteroatoms. The monoisotopic (exact) mass is 233 g/mol. The van der Waals surface area contributed by atoms with E-state index in [9.17, 15) is 4.79 Å². The molecule has 2 unspecified atom stereocenters. The molecule has 17 heavy (non-hydrogen) atoms. The van der Waals surface area contributed by atoms with Crippen LogP contribution in [0.4, 0.5) is 11.4 Å². The molecule has 1 aromatic carbocycles. The summed E-state index contributed by atoms with van der Waals surface area (Å²) in [4.78, 5) is 11.3. The van der Waals surface area contributed by atoms with E-state index in [1.54, 1.807) is 18.2 Å². The summed E-state index contributed by atoms with van der Waals surface area (Å²) in [6.45, 7) is 2.18. The number of nitrogens with two attached hydrogens (primary N) is 2. The van der Waals surface area contributed by atoms with Gasteiger partial charge in [0.2, 0.25) is 0 Å². The number of nitrogen functional groups attached to an aromatic ring is 1. The van der Waals surface area contributed by atoms with E-state index in [-0.39, 0.29) is 0 Å². The number of hydrogen-bond acceptors (Lipinski definition) is 3. The quantitative estimate of drug-likeness (QED) is 0.680. The molecular weight excluding hydrogens is 214 g/mol. The zero-order valence-corrected chi connectivity index (χ0v) is 10.1. The Morgan fingerprint density at radius 3 is 2.94 bits per heavy atom. The van der Waals surface area contributed by atoms with E-state index < -0.39 is 5.91 Å². The van der Waals surface area contributed by atoms with Crippen LogP contribution in [0.3, 0.4) is 0 Å². The summed E-state index contributed by atoms with van der Waals surface area (Å²) < 4.78 is 0. The van der Waals surface area contributed by atoms with Gasteiger partial charge in [-0.25, -0.2) is 0 Å². The Labute approximate surface area is 101 Å². The van der Waals surface area contributed by atoms with E-state index >= 15 is 0 Å². The van der Waals surface area contributed by atoms with Crippen LogP contribution in [-0.4, -0.2) is 11.9 Å². The molecular formula is C13H19N3O. The maximum absolute atomic E-state index is 11.3. The molecule has 1 aliphatic carbocycles. The van der Waals surface area contributed by atoms with Crippen molar-refractivity contribution in [2.24, 2.45) is 11.7 Å². The predicted molar refractivity (Wildman–Crippen MR) is 69.8 cm³/mol. The highest BCUT2D eigenvalue weighted by Crippen LogP contribution is 2.39. The summed E-state index contributed by atoms with van der Waals surface area (Å²) in [6.07, 6.45) is 3.56. The average molecular weight is 233 g/mol. The van der Waals surface area contributed by atoms with Crippen molar-refractivity contribution >= 4 is 17.3 Å². The molecule has 0 bridgehead atoms. The van der Waals surface area contributed by atoms with E-state index in [0.717, 1.165) is 6.42 Å². The lowest BCUT2D eigenvalue weighted by molar-refractivity contribution is 0.100. The minimum Gasteiger partial charge on any atom is -0.397 e. The van der Waals surface area contributed by atoms with Crippen LogP contribution in [-0.2, 0) is 0 Å². The number of amides is 1. The summed E-state index contributed by atoms with van der Waals surface area (Å²) >= 11 is 0. The summed E-state index contributed by atoms with van der Waals surface area (Å²) in [5, 5.41) is 3.34. The highest BCUT2D eigenvalue weighted by Gasteiger charge is 2.36.